The van der Waals surface area contributed by atoms with Gasteiger partial charge in [-0.05, 0) is 63.0 Å². The first kappa shape index (κ1) is 25.4. The molecule has 0 radical (unpaired) electrons. The van der Waals surface area contributed by atoms with Crippen LogP contribution in [0.3, 0.4) is 0 Å². The van der Waals surface area contributed by atoms with Gasteiger partial charge in [0.25, 0.3) is 0 Å². The second kappa shape index (κ2) is 10.2. The van der Waals surface area contributed by atoms with E-state index in [0.29, 0.717) is 17.5 Å². The van der Waals surface area contributed by atoms with Gasteiger partial charge in [0.2, 0.25) is 0 Å². The minimum absolute atomic E-state index is 0.603. The van der Waals surface area contributed by atoms with Crippen LogP contribution in [-0.2, 0) is 0 Å². The van der Waals surface area contributed by atoms with Gasteiger partial charge in [0.05, 0.1) is 0 Å². The first-order valence-electron chi connectivity index (χ1n) is 15.0. The summed E-state index contributed by atoms with van der Waals surface area (Å²) in [4.78, 5) is 15.2. The van der Waals surface area contributed by atoms with Crippen LogP contribution in [0.4, 0.5) is 0 Å². The molecule has 9 rings (SSSR count). The van der Waals surface area contributed by atoms with Crippen LogP contribution >= 0.6 is 0 Å². The van der Waals surface area contributed by atoms with Crippen LogP contribution in [0.2, 0.25) is 0 Å². The highest BCUT2D eigenvalue weighted by Crippen LogP contribution is 2.41. The molecule has 0 saturated carbocycles. The van der Waals surface area contributed by atoms with E-state index < -0.39 is 0 Å². The highest BCUT2D eigenvalue weighted by atomic mass is 16.3. The molecule has 4 nitrogen and oxygen atoms in total. The average molecular weight is 576 g/mol. The van der Waals surface area contributed by atoms with Gasteiger partial charge in [-0.3, -0.25) is 0 Å². The molecule has 0 aliphatic carbocycles. The summed E-state index contributed by atoms with van der Waals surface area (Å²) in [5.41, 5.74) is 6.54. The fourth-order valence-corrected chi connectivity index (χ4v) is 6.23. The molecular formula is C41H25N3O. The van der Waals surface area contributed by atoms with Crippen LogP contribution in [0.15, 0.2) is 156 Å². The second-order valence-electron chi connectivity index (χ2n) is 11.3. The molecule has 7 aromatic carbocycles. The van der Waals surface area contributed by atoms with Crippen molar-refractivity contribution in [2.75, 3.05) is 0 Å². The zero-order valence-corrected chi connectivity index (χ0v) is 24.2. The number of fused-ring (bicyclic) bond motifs is 5. The summed E-state index contributed by atoms with van der Waals surface area (Å²) >= 11 is 0. The van der Waals surface area contributed by atoms with Crippen LogP contribution in [-0.4, -0.2) is 15.0 Å². The predicted octanol–water partition coefficient (Wildman–Crippen LogP) is 10.7. The third-order valence-electron chi connectivity index (χ3n) is 8.46. The van der Waals surface area contributed by atoms with Gasteiger partial charge in [-0.25, -0.2) is 15.0 Å². The lowest BCUT2D eigenvalue weighted by Crippen LogP contribution is -2.00. The molecule has 0 unspecified atom stereocenters. The summed E-state index contributed by atoms with van der Waals surface area (Å²) in [5, 5.41) is 6.71. The van der Waals surface area contributed by atoms with E-state index >= 15 is 0 Å². The molecule has 0 saturated heterocycles. The third kappa shape index (κ3) is 4.43. The summed E-state index contributed by atoms with van der Waals surface area (Å²) < 4.78 is 6.63. The number of hydrogen-bond donors (Lipinski definition) is 0. The van der Waals surface area contributed by atoms with Crippen molar-refractivity contribution < 1.29 is 4.42 Å². The third-order valence-corrected chi connectivity index (χ3v) is 8.46. The quantitative estimate of drug-likeness (QED) is 0.209. The number of aromatic nitrogens is 3. The van der Waals surface area contributed by atoms with Crippen LogP contribution < -0.4 is 0 Å². The Hall–Kier alpha value is -6.13. The molecule has 0 aliphatic rings. The second-order valence-corrected chi connectivity index (χ2v) is 11.3. The Labute approximate surface area is 259 Å². The molecule has 45 heavy (non-hydrogen) atoms. The lowest BCUT2D eigenvalue weighted by molar-refractivity contribution is 0.669. The van der Waals surface area contributed by atoms with Crippen LogP contribution in [0.25, 0.3) is 88.8 Å². The Bertz CT molecular complexity index is 2480. The van der Waals surface area contributed by atoms with Crippen molar-refractivity contribution in [1.29, 1.82) is 0 Å². The number of rotatable bonds is 4. The molecule has 210 valence electrons. The van der Waals surface area contributed by atoms with Crippen LogP contribution in [0.1, 0.15) is 0 Å². The van der Waals surface area contributed by atoms with E-state index in [1.807, 2.05) is 60.7 Å². The van der Waals surface area contributed by atoms with E-state index in [-0.39, 0.29) is 0 Å². The van der Waals surface area contributed by atoms with Gasteiger partial charge < -0.3 is 4.42 Å². The smallest absolute Gasteiger partial charge is 0.164 e. The van der Waals surface area contributed by atoms with Gasteiger partial charge >= 0.3 is 0 Å². The molecule has 0 N–H and O–H groups in total. The molecule has 0 fully saturated rings. The van der Waals surface area contributed by atoms with Crippen molar-refractivity contribution in [2.45, 2.75) is 0 Å². The fraction of sp³-hybridized carbons (Fsp3) is 0. The van der Waals surface area contributed by atoms with Gasteiger partial charge in [0.15, 0.2) is 17.5 Å². The van der Waals surface area contributed by atoms with E-state index in [4.69, 9.17) is 19.4 Å². The van der Waals surface area contributed by atoms with Gasteiger partial charge in [-0.2, -0.15) is 0 Å². The monoisotopic (exact) mass is 575 g/mol. The van der Waals surface area contributed by atoms with E-state index in [2.05, 4.69) is 91.0 Å². The Balaban J connectivity index is 1.37. The van der Waals surface area contributed by atoms with E-state index in [1.54, 1.807) is 0 Å². The Morgan fingerprint density at radius 2 is 0.911 bits per heavy atom. The highest BCUT2D eigenvalue weighted by molar-refractivity contribution is 6.16. The first-order chi connectivity index (χ1) is 22.3. The average Bonchev–Trinajstić information content (AvgIpc) is 3.47. The fourth-order valence-electron chi connectivity index (χ4n) is 6.23. The molecule has 0 atom stereocenters. The SMILES string of the molecule is c1ccc(-c2nc(-c3ccccc3)nc(-c3cc(-c4ccc5ccccc5c4)cc4oc5cc6ccccc6cc5c34)n2)cc1. The number of benzene rings is 7. The maximum Gasteiger partial charge on any atom is 0.164 e. The van der Waals surface area contributed by atoms with Gasteiger partial charge in [0.1, 0.15) is 11.2 Å². The normalized spacial score (nSPS) is 11.6. The van der Waals surface area contributed by atoms with Crippen molar-refractivity contribution in [2.24, 2.45) is 0 Å². The lowest BCUT2D eigenvalue weighted by atomic mass is 9.96. The van der Waals surface area contributed by atoms with Crippen molar-refractivity contribution in [3.05, 3.63) is 152 Å². The topological polar surface area (TPSA) is 51.8 Å². The van der Waals surface area contributed by atoms with Gasteiger partial charge in [0, 0.05) is 27.5 Å². The number of furan rings is 1. The molecule has 2 heterocycles. The lowest BCUT2D eigenvalue weighted by Gasteiger charge is -2.11. The highest BCUT2D eigenvalue weighted by Gasteiger charge is 2.20. The van der Waals surface area contributed by atoms with Crippen molar-refractivity contribution >= 4 is 43.5 Å². The first-order valence-corrected chi connectivity index (χ1v) is 15.0. The van der Waals surface area contributed by atoms with E-state index in [9.17, 15) is 0 Å². The minimum atomic E-state index is 0.603. The Kier molecular flexibility index (Phi) is 5.78. The molecule has 9 aromatic rings. The molecule has 0 amide bonds. The minimum Gasteiger partial charge on any atom is -0.456 e. The van der Waals surface area contributed by atoms with E-state index in [1.165, 1.54) is 10.8 Å². The molecule has 0 spiro atoms. The maximum absolute atomic E-state index is 6.63. The van der Waals surface area contributed by atoms with Crippen molar-refractivity contribution in [1.82, 2.24) is 15.0 Å². The number of nitrogens with zero attached hydrogens (tertiary/aromatic N) is 3. The zero-order chi connectivity index (χ0) is 29.7. The van der Waals surface area contributed by atoms with E-state index in [0.717, 1.165) is 60.5 Å². The summed E-state index contributed by atoms with van der Waals surface area (Å²) in [5.74, 6) is 1.86. The largest absolute Gasteiger partial charge is 0.456 e. The summed E-state index contributed by atoms with van der Waals surface area (Å²) in [7, 11) is 0. The maximum atomic E-state index is 6.63. The predicted molar refractivity (Wildman–Crippen MR) is 184 cm³/mol. The summed E-state index contributed by atoms with van der Waals surface area (Å²) in [6.45, 7) is 0. The molecule has 0 bridgehead atoms. The Morgan fingerprint density at radius 3 is 1.58 bits per heavy atom. The molecular weight excluding hydrogens is 550 g/mol. The molecule has 2 aromatic heterocycles. The summed E-state index contributed by atoms with van der Waals surface area (Å²) in [6.07, 6.45) is 0. The van der Waals surface area contributed by atoms with Crippen LogP contribution in [0, 0.1) is 0 Å². The van der Waals surface area contributed by atoms with Gasteiger partial charge in [-0.15, -0.1) is 0 Å². The Morgan fingerprint density at radius 1 is 0.356 bits per heavy atom. The van der Waals surface area contributed by atoms with Crippen molar-refractivity contribution in [3.8, 4) is 45.3 Å². The number of hydrogen-bond acceptors (Lipinski definition) is 4. The standard InChI is InChI=1S/C41H25N3O/c1-3-12-27(13-4-1)39-42-40(28-14-5-2-6-15-28)44-41(43-39)35-23-33(32-20-19-26-11-7-8-16-29(26)21-32)25-37-38(35)34-22-30-17-9-10-18-31(30)24-36(34)45-37/h1-25H. The van der Waals surface area contributed by atoms with Crippen LogP contribution in [0.5, 0.6) is 0 Å². The molecule has 0 aliphatic heterocycles. The van der Waals surface area contributed by atoms with Gasteiger partial charge in [-0.1, -0.05) is 121 Å². The zero-order valence-electron chi connectivity index (χ0n) is 24.2. The molecule has 4 heteroatoms. The van der Waals surface area contributed by atoms with Crippen molar-refractivity contribution in [3.63, 3.8) is 0 Å². The summed E-state index contributed by atoms with van der Waals surface area (Å²) in [6, 6.07) is 52.3.